The van der Waals surface area contributed by atoms with E-state index in [1.54, 1.807) is 5.56 Å². The molecule has 1 heteroatoms. The van der Waals surface area contributed by atoms with Crippen molar-refractivity contribution in [2.24, 2.45) is 5.92 Å². The molecule has 1 aliphatic carbocycles. The van der Waals surface area contributed by atoms with Crippen molar-refractivity contribution in [3.63, 3.8) is 0 Å². The summed E-state index contributed by atoms with van der Waals surface area (Å²) in [6, 6.07) is 6.98. The average molecular weight is 245 g/mol. The third kappa shape index (κ3) is 3.14. The van der Waals surface area contributed by atoms with E-state index in [0.717, 1.165) is 18.4 Å². The van der Waals surface area contributed by atoms with E-state index in [9.17, 15) is 0 Å². The van der Waals surface area contributed by atoms with E-state index in [4.69, 9.17) is 0 Å². The summed E-state index contributed by atoms with van der Waals surface area (Å²) in [4.78, 5) is 0. The van der Waals surface area contributed by atoms with Crippen molar-refractivity contribution >= 4 is 0 Å². The van der Waals surface area contributed by atoms with Gasteiger partial charge in [0.25, 0.3) is 0 Å². The fourth-order valence-electron chi connectivity index (χ4n) is 3.40. The minimum absolute atomic E-state index is 0.787. The zero-order chi connectivity index (χ0) is 13.0. The number of aryl methyl sites for hydroxylation is 2. The van der Waals surface area contributed by atoms with Crippen molar-refractivity contribution in [2.45, 2.75) is 52.4 Å². The highest BCUT2D eigenvalue weighted by Crippen LogP contribution is 2.40. The van der Waals surface area contributed by atoms with Crippen LogP contribution in [0.1, 0.15) is 55.2 Å². The van der Waals surface area contributed by atoms with E-state index in [1.165, 1.54) is 43.4 Å². The van der Waals surface area contributed by atoms with Crippen LogP contribution in [0.5, 0.6) is 0 Å². The number of benzene rings is 1. The van der Waals surface area contributed by atoms with Crippen molar-refractivity contribution in [1.82, 2.24) is 5.32 Å². The Morgan fingerprint density at radius 2 is 2.06 bits per heavy atom. The fourth-order valence-corrected chi connectivity index (χ4v) is 3.40. The quantitative estimate of drug-likeness (QED) is 0.767. The van der Waals surface area contributed by atoms with E-state index in [-0.39, 0.29) is 0 Å². The molecule has 18 heavy (non-hydrogen) atoms. The van der Waals surface area contributed by atoms with Crippen molar-refractivity contribution < 1.29 is 0 Å². The van der Waals surface area contributed by atoms with Crippen LogP contribution in [0.4, 0.5) is 0 Å². The van der Waals surface area contributed by atoms with E-state index in [0.29, 0.717) is 0 Å². The van der Waals surface area contributed by atoms with E-state index >= 15 is 0 Å². The van der Waals surface area contributed by atoms with Crippen LogP contribution in [-0.2, 0) is 0 Å². The molecule has 0 amide bonds. The predicted molar refractivity (Wildman–Crippen MR) is 79.2 cm³/mol. The lowest BCUT2D eigenvalue weighted by atomic mass is 9.86. The minimum atomic E-state index is 0.787. The Kier molecular flexibility index (Phi) is 4.82. The Hall–Kier alpha value is -0.820. The van der Waals surface area contributed by atoms with Crippen molar-refractivity contribution in [3.05, 3.63) is 34.9 Å². The molecule has 0 bridgehead atoms. The van der Waals surface area contributed by atoms with Gasteiger partial charge in [-0.05, 0) is 69.2 Å². The van der Waals surface area contributed by atoms with Crippen LogP contribution in [0.3, 0.4) is 0 Å². The van der Waals surface area contributed by atoms with E-state index in [2.05, 4.69) is 44.3 Å². The van der Waals surface area contributed by atoms with Crippen LogP contribution < -0.4 is 5.32 Å². The van der Waals surface area contributed by atoms with Gasteiger partial charge in [-0.2, -0.15) is 0 Å². The first-order chi connectivity index (χ1) is 8.72. The van der Waals surface area contributed by atoms with E-state index in [1.807, 2.05) is 0 Å². The lowest BCUT2D eigenvalue weighted by Crippen LogP contribution is -2.25. The van der Waals surface area contributed by atoms with Gasteiger partial charge in [-0.25, -0.2) is 0 Å². The molecule has 0 heterocycles. The Bertz CT molecular complexity index is 383. The fraction of sp³-hybridized carbons (Fsp3) is 0.647. The maximum atomic E-state index is 3.61. The van der Waals surface area contributed by atoms with Crippen LogP contribution >= 0.6 is 0 Å². The SMILES string of the molecule is CCCNCC1CCCC1c1ccc(C)cc1C. The standard InChI is InChI=1S/C17H27N/c1-4-10-18-12-15-6-5-7-17(15)16-9-8-13(2)11-14(16)3/h8-9,11,15,17-18H,4-7,10,12H2,1-3H3. The molecule has 0 aromatic heterocycles. The molecule has 1 aromatic rings. The third-order valence-electron chi connectivity index (χ3n) is 4.32. The molecule has 1 aliphatic rings. The number of hydrogen-bond acceptors (Lipinski definition) is 1. The van der Waals surface area contributed by atoms with E-state index < -0.39 is 0 Å². The Morgan fingerprint density at radius 3 is 2.78 bits per heavy atom. The zero-order valence-corrected chi connectivity index (χ0v) is 12.1. The molecule has 0 saturated heterocycles. The molecule has 100 valence electrons. The van der Waals surface area contributed by atoms with Crippen LogP contribution in [0, 0.1) is 19.8 Å². The monoisotopic (exact) mass is 245 g/mol. The molecule has 1 saturated carbocycles. The number of nitrogens with one attached hydrogen (secondary N) is 1. The minimum Gasteiger partial charge on any atom is -0.316 e. The molecule has 0 radical (unpaired) electrons. The van der Waals surface area contributed by atoms with Gasteiger partial charge in [-0.1, -0.05) is 37.1 Å². The summed E-state index contributed by atoms with van der Waals surface area (Å²) in [6.45, 7) is 9.06. The second kappa shape index (κ2) is 6.38. The summed E-state index contributed by atoms with van der Waals surface area (Å²) in [7, 11) is 0. The van der Waals surface area contributed by atoms with Crippen molar-refractivity contribution in [3.8, 4) is 0 Å². The van der Waals surface area contributed by atoms with Gasteiger partial charge in [0.2, 0.25) is 0 Å². The lowest BCUT2D eigenvalue weighted by molar-refractivity contribution is 0.443. The first-order valence-corrected chi connectivity index (χ1v) is 7.50. The lowest BCUT2D eigenvalue weighted by Gasteiger charge is -2.22. The highest BCUT2D eigenvalue weighted by molar-refractivity contribution is 5.34. The molecule has 2 unspecified atom stereocenters. The highest BCUT2D eigenvalue weighted by atomic mass is 14.9. The molecule has 0 aliphatic heterocycles. The Labute approximate surface area is 112 Å². The normalized spacial score (nSPS) is 23.5. The topological polar surface area (TPSA) is 12.0 Å². The van der Waals surface area contributed by atoms with Crippen LogP contribution in [0.2, 0.25) is 0 Å². The highest BCUT2D eigenvalue weighted by Gasteiger charge is 2.28. The summed E-state index contributed by atoms with van der Waals surface area (Å²) in [6.07, 6.45) is 5.41. The molecule has 2 rings (SSSR count). The second-order valence-electron chi connectivity index (χ2n) is 5.86. The molecule has 1 aromatic carbocycles. The Morgan fingerprint density at radius 1 is 1.22 bits per heavy atom. The summed E-state index contributed by atoms with van der Waals surface area (Å²) >= 11 is 0. The summed E-state index contributed by atoms with van der Waals surface area (Å²) in [5, 5.41) is 3.61. The first-order valence-electron chi connectivity index (χ1n) is 7.50. The maximum absolute atomic E-state index is 3.61. The largest absolute Gasteiger partial charge is 0.316 e. The summed E-state index contributed by atoms with van der Waals surface area (Å²) in [5.74, 6) is 1.63. The van der Waals surface area contributed by atoms with Gasteiger partial charge in [-0.3, -0.25) is 0 Å². The Balaban J connectivity index is 2.06. The van der Waals surface area contributed by atoms with Gasteiger partial charge in [0.05, 0.1) is 0 Å². The first kappa shape index (κ1) is 13.6. The second-order valence-corrected chi connectivity index (χ2v) is 5.86. The van der Waals surface area contributed by atoms with Crippen molar-refractivity contribution in [1.29, 1.82) is 0 Å². The molecule has 2 atom stereocenters. The van der Waals surface area contributed by atoms with Crippen LogP contribution in [0.25, 0.3) is 0 Å². The molecule has 1 nitrogen and oxygen atoms in total. The zero-order valence-electron chi connectivity index (χ0n) is 12.1. The van der Waals surface area contributed by atoms with Gasteiger partial charge >= 0.3 is 0 Å². The molecular formula is C17H27N. The number of hydrogen-bond donors (Lipinski definition) is 1. The van der Waals surface area contributed by atoms with Crippen molar-refractivity contribution in [2.75, 3.05) is 13.1 Å². The molecular weight excluding hydrogens is 218 g/mol. The predicted octanol–water partition coefficient (Wildman–Crippen LogP) is 4.19. The summed E-state index contributed by atoms with van der Waals surface area (Å²) in [5.41, 5.74) is 4.47. The third-order valence-corrected chi connectivity index (χ3v) is 4.32. The number of rotatable bonds is 5. The maximum Gasteiger partial charge on any atom is -0.00147 e. The molecule has 1 N–H and O–H groups in total. The van der Waals surface area contributed by atoms with Gasteiger partial charge in [0, 0.05) is 0 Å². The molecule has 0 spiro atoms. The van der Waals surface area contributed by atoms with Gasteiger partial charge in [0.1, 0.15) is 0 Å². The van der Waals surface area contributed by atoms with Gasteiger partial charge in [-0.15, -0.1) is 0 Å². The smallest absolute Gasteiger partial charge is 0.00147 e. The summed E-state index contributed by atoms with van der Waals surface area (Å²) < 4.78 is 0. The van der Waals surface area contributed by atoms with Gasteiger partial charge in [0.15, 0.2) is 0 Å². The average Bonchev–Trinajstić information content (AvgIpc) is 2.78. The van der Waals surface area contributed by atoms with Crippen LogP contribution in [0.15, 0.2) is 18.2 Å². The molecule has 1 fully saturated rings. The van der Waals surface area contributed by atoms with Gasteiger partial charge < -0.3 is 5.32 Å². The van der Waals surface area contributed by atoms with Crippen LogP contribution in [-0.4, -0.2) is 13.1 Å².